The van der Waals surface area contributed by atoms with Crippen LogP contribution in [-0.2, 0) is 0 Å². The lowest BCUT2D eigenvalue weighted by molar-refractivity contribution is 0.0871. The summed E-state index contributed by atoms with van der Waals surface area (Å²) in [6.45, 7) is 0.585. The van der Waals surface area contributed by atoms with E-state index in [9.17, 15) is 9.90 Å². The molecule has 2 unspecified atom stereocenters. The molecule has 1 aliphatic carbocycles. The van der Waals surface area contributed by atoms with E-state index in [2.05, 4.69) is 5.32 Å². The van der Waals surface area contributed by atoms with Gasteiger partial charge in [0.2, 0.25) is 0 Å². The minimum absolute atomic E-state index is 0.168. The van der Waals surface area contributed by atoms with Gasteiger partial charge in [-0.25, -0.2) is 0 Å². The van der Waals surface area contributed by atoms with E-state index >= 15 is 0 Å². The number of ether oxygens (including phenoxy) is 1. The molecule has 1 amide bonds. The van der Waals surface area contributed by atoms with Gasteiger partial charge in [0.1, 0.15) is 5.75 Å². The van der Waals surface area contributed by atoms with Gasteiger partial charge < -0.3 is 15.2 Å². The van der Waals surface area contributed by atoms with Gasteiger partial charge in [-0.2, -0.15) is 0 Å². The van der Waals surface area contributed by atoms with Crippen LogP contribution in [0.1, 0.15) is 36.0 Å². The van der Waals surface area contributed by atoms with Crippen molar-refractivity contribution in [1.29, 1.82) is 0 Å². The molecule has 20 heavy (non-hydrogen) atoms. The average Bonchev–Trinajstić information content (AvgIpc) is 2.44. The fourth-order valence-corrected chi connectivity index (χ4v) is 2.80. The maximum Gasteiger partial charge on any atom is 0.255 e. The Morgan fingerprint density at radius 2 is 2.30 bits per heavy atom. The number of methoxy groups -OCH3 is 1. The third kappa shape index (κ3) is 3.87. The maximum atomic E-state index is 12.2. The molecule has 5 heteroatoms. The monoisotopic (exact) mass is 297 g/mol. The average molecular weight is 298 g/mol. The van der Waals surface area contributed by atoms with Gasteiger partial charge in [0.25, 0.3) is 5.91 Å². The van der Waals surface area contributed by atoms with Crippen molar-refractivity contribution in [3.63, 3.8) is 0 Å². The van der Waals surface area contributed by atoms with Crippen LogP contribution in [0, 0.1) is 5.92 Å². The summed E-state index contributed by atoms with van der Waals surface area (Å²) < 4.78 is 5.17. The van der Waals surface area contributed by atoms with E-state index in [1.807, 2.05) is 0 Å². The van der Waals surface area contributed by atoms with Crippen LogP contribution >= 0.6 is 11.6 Å². The third-order valence-corrected chi connectivity index (χ3v) is 3.95. The predicted octanol–water partition coefficient (Wildman–Crippen LogP) is 2.63. The molecule has 2 rings (SSSR count). The number of nitrogens with one attached hydrogen (secondary N) is 1. The Labute approximate surface area is 124 Å². The predicted molar refractivity (Wildman–Crippen MR) is 78.3 cm³/mol. The van der Waals surface area contributed by atoms with Crippen molar-refractivity contribution in [3.8, 4) is 5.75 Å². The highest BCUT2D eigenvalue weighted by Gasteiger charge is 2.21. The van der Waals surface area contributed by atoms with Crippen molar-refractivity contribution in [3.05, 3.63) is 28.8 Å². The zero-order valence-corrected chi connectivity index (χ0v) is 12.3. The summed E-state index contributed by atoms with van der Waals surface area (Å²) >= 11 is 5.88. The van der Waals surface area contributed by atoms with E-state index in [0.717, 1.165) is 25.7 Å². The first kappa shape index (κ1) is 15.1. The fraction of sp³-hybridized carbons (Fsp3) is 0.533. The first-order valence-electron chi connectivity index (χ1n) is 6.90. The number of amides is 1. The number of benzene rings is 1. The summed E-state index contributed by atoms with van der Waals surface area (Å²) in [7, 11) is 1.51. The molecule has 0 radical (unpaired) electrons. The number of aliphatic hydroxyl groups excluding tert-OH is 1. The fourth-order valence-electron chi connectivity index (χ4n) is 2.63. The van der Waals surface area contributed by atoms with Crippen LogP contribution in [0.4, 0.5) is 0 Å². The SMILES string of the molecule is COc1cc(Cl)ccc1C(=O)NCC1CCCC(O)C1. The molecule has 2 atom stereocenters. The minimum Gasteiger partial charge on any atom is -0.496 e. The number of hydrogen-bond donors (Lipinski definition) is 2. The smallest absolute Gasteiger partial charge is 0.255 e. The highest BCUT2D eigenvalue weighted by molar-refractivity contribution is 6.30. The summed E-state index contributed by atoms with van der Waals surface area (Å²) in [5.41, 5.74) is 0.480. The largest absolute Gasteiger partial charge is 0.496 e. The van der Waals surface area contributed by atoms with Crippen LogP contribution in [0.15, 0.2) is 18.2 Å². The van der Waals surface area contributed by atoms with E-state index in [4.69, 9.17) is 16.3 Å². The molecule has 1 aromatic rings. The Morgan fingerprint density at radius 1 is 1.50 bits per heavy atom. The van der Waals surface area contributed by atoms with E-state index in [0.29, 0.717) is 28.8 Å². The van der Waals surface area contributed by atoms with Gasteiger partial charge >= 0.3 is 0 Å². The minimum atomic E-state index is -0.226. The lowest BCUT2D eigenvalue weighted by atomic mass is 9.87. The van der Waals surface area contributed by atoms with Crippen molar-refractivity contribution in [2.75, 3.05) is 13.7 Å². The van der Waals surface area contributed by atoms with Gasteiger partial charge in [0, 0.05) is 11.6 Å². The molecule has 0 aromatic heterocycles. The van der Waals surface area contributed by atoms with Crippen molar-refractivity contribution in [1.82, 2.24) is 5.32 Å². The Kier molecular flexibility index (Phi) is 5.26. The van der Waals surface area contributed by atoms with Crippen LogP contribution < -0.4 is 10.1 Å². The summed E-state index contributed by atoms with van der Waals surface area (Å²) in [4.78, 5) is 12.2. The van der Waals surface area contributed by atoms with Gasteiger partial charge in [-0.05, 0) is 43.4 Å². The molecule has 0 heterocycles. The zero-order valence-electron chi connectivity index (χ0n) is 11.6. The number of carbonyl (C=O) groups is 1. The molecule has 1 saturated carbocycles. The van der Waals surface area contributed by atoms with Gasteiger partial charge in [-0.1, -0.05) is 18.0 Å². The highest BCUT2D eigenvalue weighted by Crippen LogP contribution is 2.25. The normalized spacial score (nSPS) is 22.4. The number of aliphatic hydroxyl groups is 1. The summed E-state index contributed by atoms with van der Waals surface area (Å²) in [6, 6.07) is 4.95. The molecule has 0 bridgehead atoms. The van der Waals surface area contributed by atoms with Gasteiger partial charge in [0.15, 0.2) is 0 Å². The molecule has 1 aromatic carbocycles. The molecule has 0 spiro atoms. The summed E-state index contributed by atoms with van der Waals surface area (Å²) in [6.07, 6.45) is 3.48. The van der Waals surface area contributed by atoms with Crippen LogP contribution in [-0.4, -0.2) is 30.8 Å². The quantitative estimate of drug-likeness (QED) is 0.898. The van der Waals surface area contributed by atoms with E-state index in [1.54, 1.807) is 18.2 Å². The van der Waals surface area contributed by atoms with Crippen LogP contribution in [0.2, 0.25) is 5.02 Å². The van der Waals surface area contributed by atoms with E-state index in [1.165, 1.54) is 7.11 Å². The standard InChI is InChI=1S/C15H20ClNO3/c1-20-14-8-11(16)5-6-13(14)15(19)17-9-10-3-2-4-12(18)7-10/h5-6,8,10,12,18H,2-4,7,9H2,1H3,(H,17,19). The Hall–Kier alpha value is -1.26. The Balaban J connectivity index is 1.94. The number of rotatable bonds is 4. The third-order valence-electron chi connectivity index (χ3n) is 3.71. The molecule has 4 nitrogen and oxygen atoms in total. The highest BCUT2D eigenvalue weighted by atomic mass is 35.5. The van der Waals surface area contributed by atoms with E-state index in [-0.39, 0.29) is 12.0 Å². The van der Waals surface area contributed by atoms with Crippen molar-refractivity contribution in [2.45, 2.75) is 31.8 Å². The second-order valence-corrected chi connectivity index (χ2v) is 5.68. The topological polar surface area (TPSA) is 58.6 Å². The van der Waals surface area contributed by atoms with Crippen molar-refractivity contribution >= 4 is 17.5 Å². The number of carbonyl (C=O) groups excluding carboxylic acids is 1. The van der Waals surface area contributed by atoms with Gasteiger partial charge in [-0.3, -0.25) is 4.79 Å². The second-order valence-electron chi connectivity index (χ2n) is 5.24. The van der Waals surface area contributed by atoms with Gasteiger partial charge in [0.05, 0.1) is 18.8 Å². The molecule has 0 saturated heterocycles. The summed E-state index contributed by atoms with van der Waals surface area (Å²) in [5.74, 6) is 0.651. The first-order valence-corrected chi connectivity index (χ1v) is 7.27. The molecule has 1 aliphatic rings. The number of hydrogen-bond acceptors (Lipinski definition) is 3. The molecule has 2 N–H and O–H groups in total. The maximum absolute atomic E-state index is 12.2. The van der Waals surface area contributed by atoms with Crippen LogP contribution in [0.5, 0.6) is 5.75 Å². The zero-order chi connectivity index (χ0) is 14.5. The van der Waals surface area contributed by atoms with E-state index < -0.39 is 0 Å². The number of halogens is 1. The molecular formula is C15H20ClNO3. The Bertz CT molecular complexity index is 478. The van der Waals surface area contributed by atoms with Gasteiger partial charge in [-0.15, -0.1) is 0 Å². The first-order chi connectivity index (χ1) is 9.60. The Morgan fingerprint density at radius 3 is 3.00 bits per heavy atom. The molecule has 0 aliphatic heterocycles. The van der Waals surface area contributed by atoms with Crippen molar-refractivity contribution in [2.24, 2.45) is 5.92 Å². The molecule has 110 valence electrons. The lowest BCUT2D eigenvalue weighted by Gasteiger charge is -2.26. The van der Waals surface area contributed by atoms with Crippen molar-refractivity contribution < 1.29 is 14.6 Å². The van der Waals surface area contributed by atoms with Crippen LogP contribution in [0.3, 0.4) is 0 Å². The lowest BCUT2D eigenvalue weighted by Crippen LogP contribution is -2.33. The molecular weight excluding hydrogens is 278 g/mol. The summed E-state index contributed by atoms with van der Waals surface area (Å²) in [5, 5.41) is 13.1. The molecule has 1 fully saturated rings. The second kappa shape index (κ2) is 6.95. The van der Waals surface area contributed by atoms with Crippen LogP contribution in [0.25, 0.3) is 0 Å².